The summed E-state index contributed by atoms with van der Waals surface area (Å²) in [5.74, 6) is 1.21. The van der Waals surface area contributed by atoms with E-state index in [1.165, 1.54) is 0 Å². The molecule has 1 aromatic heterocycles. The van der Waals surface area contributed by atoms with Crippen LogP contribution in [0.5, 0.6) is 0 Å². The number of hydrogen-bond donors (Lipinski definition) is 0. The smallest absolute Gasteiger partial charge is 0.170 e. The molecule has 11 heavy (non-hydrogen) atoms. The van der Waals surface area contributed by atoms with E-state index in [1.54, 1.807) is 24.1 Å². The monoisotopic (exact) mass is 168 g/mol. The van der Waals surface area contributed by atoms with Gasteiger partial charge in [-0.25, -0.2) is 0 Å². The lowest BCUT2D eigenvalue weighted by Gasteiger charge is -1.90. The zero-order valence-corrected chi connectivity index (χ0v) is 6.82. The lowest BCUT2D eigenvalue weighted by Crippen LogP contribution is -1.95. The van der Waals surface area contributed by atoms with Crippen molar-refractivity contribution in [3.8, 4) is 0 Å². The molecule has 0 aromatic carbocycles. The molecule has 0 saturated carbocycles. The number of rotatable bonds is 0. The number of ketones is 1. The van der Waals surface area contributed by atoms with Gasteiger partial charge in [0.15, 0.2) is 10.9 Å². The summed E-state index contributed by atoms with van der Waals surface area (Å²) in [6.45, 7) is 0. The molecule has 0 unspecified atom stereocenters. The fourth-order valence-corrected chi connectivity index (χ4v) is 2.08. The molecule has 2 heterocycles. The number of hydrogen-bond acceptors (Lipinski definition) is 3. The SMILES string of the molecule is O=C1CCCSc2occc21. The van der Waals surface area contributed by atoms with Crippen LogP contribution >= 0.6 is 11.8 Å². The molecule has 0 radical (unpaired) electrons. The molecule has 1 aliphatic heterocycles. The summed E-state index contributed by atoms with van der Waals surface area (Å²) in [4.78, 5) is 11.3. The van der Waals surface area contributed by atoms with Crippen LogP contribution in [0.4, 0.5) is 0 Å². The Kier molecular flexibility index (Phi) is 1.74. The van der Waals surface area contributed by atoms with E-state index >= 15 is 0 Å². The molecule has 0 atom stereocenters. The molecule has 58 valence electrons. The summed E-state index contributed by atoms with van der Waals surface area (Å²) in [7, 11) is 0. The van der Waals surface area contributed by atoms with E-state index in [2.05, 4.69) is 0 Å². The van der Waals surface area contributed by atoms with E-state index in [9.17, 15) is 4.79 Å². The lowest BCUT2D eigenvalue weighted by atomic mass is 10.1. The second-order valence-corrected chi connectivity index (χ2v) is 3.56. The fourth-order valence-electron chi connectivity index (χ4n) is 1.15. The molecule has 1 aromatic rings. The van der Waals surface area contributed by atoms with Crippen LogP contribution in [0.1, 0.15) is 23.2 Å². The first kappa shape index (κ1) is 6.98. The Morgan fingerprint density at radius 3 is 3.36 bits per heavy atom. The Morgan fingerprint density at radius 1 is 1.55 bits per heavy atom. The highest BCUT2D eigenvalue weighted by molar-refractivity contribution is 7.99. The highest BCUT2D eigenvalue weighted by atomic mass is 32.2. The largest absolute Gasteiger partial charge is 0.457 e. The minimum Gasteiger partial charge on any atom is -0.457 e. The zero-order valence-electron chi connectivity index (χ0n) is 6.00. The van der Waals surface area contributed by atoms with E-state index in [0.717, 1.165) is 22.8 Å². The van der Waals surface area contributed by atoms with Gasteiger partial charge in [0.1, 0.15) is 0 Å². The highest BCUT2D eigenvalue weighted by Crippen LogP contribution is 2.29. The quantitative estimate of drug-likeness (QED) is 0.595. The van der Waals surface area contributed by atoms with Crippen molar-refractivity contribution in [2.75, 3.05) is 5.75 Å². The first-order valence-corrected chi connectivity index (χ1v) is 4.60. The number of fused-ring (bicyclic) bond motifs is 1. The summed E-state index contributed by atoms with van der Waals surface area (Å²) >= 11 is 1.63. The Bertz CT molecular complexity index is 277. The van der Waals surface area contributed by atoms with E-state index in [1.807, 2.05) is 0 Å². The third-order valence-electron chi connectivity index (χ3n) is 1.71. The minimum absolute atomic E-state index is 0.221. The van der Waals surface area contributed by atoms with Crippen molar-refractivity contribution >= 4 is 17.5 Å². The Balaban J connectivity index is 2.41. The van der Waals surface area contributed by atoms with Gasteiger partial charge in [0.05, 0.1) is 11.8 Å². The van der Waals surface area contributed by atoms with Crippen molar-refractivity contribution in [2.45, 2.75) is 17.9 Å². The maximum Gasteiger partial charge on any atom is 0.170 e. The summed E-state index contributed by atoms with van der Waals surface area (Å²) in [5, 5.41) is 0.799. The van der Waals surface area contributed by atoms with Crippen molar-refractivity contribution in [3.05, 3.63) is 17.9 Å². The number of Topliss-reactive ketones (excluding diaryl/α,β-unsaturated/α-hetero) is 1. The van der Waals surface area contributed by atoms with Crippen molar-refractivity contribution < 1.29 is 9.21 Å². The standard InChI is InChI=1S/C8H8O2S/c9-7-2-1-5-11-8-6(7)3-4-10-8/h3-4H,1-2,5H2. The van der Waals surface area contributed by atoms with Crippen molar-refractivity contribution in [1.29, 1.82) is 0 Å². The molecule has 2 rings (SSSR count). The van der Waals surface area contributed by atoms with Gasteiger partial charge >= 0.3 is 0 Å². The molecule has 0 amide bonds. The second-order valence-electron chi connectivity index (χ2n) is 2.50. The number of carbonyl (C=O) groups is 1. The van der Waals surface area contributed by atoms with E-state index in [-0.39, 0.29) is 5.78 Å². The molecule has 0 aliphatic carbocycles. The average molecular weight is 168 g/mol. The van der Waals surface area contributed by atoms with Crippen molar-refractivity contribution in [2.24, 2.45) is 0 Å². The molecule has 2 nitrogen and oxygen atoms in total. The molecule has 0 spiro atoms. The van der Waals surface area contributed by atoms with Crippen LogP contribution in [-0.2, 0) is 0 Å². The zero-order chi connectivity index (χ0) is 7.68. The van der Waals surface area contributed by atoms with Gasteiger partial charge in [0.25, 0.3) is 0 Å². The molecule has 0 fully saturated rings. The van der Waals surface area contributed by atoms with Gasteiger partial charge in [0.2, 0.25) is 0 Å². The Hall–Kier alpha value is -0.700. The number of thioether (sulfide) groups is 1. The first-order valence-electron chi connectivity index (χ1n) is 3.61. The van der Waals surface area contributed by atoms with Gasteiger partial charge in [0, 0.05) is 12.2 Å². The van der Waals surface area contributed by atoms with Crippen molar-refractivity contribution in [3.63, 3.8) is 0 Å². The van der Waals surface area contributed by atoms with Crippen molar-refractivity contribution in [1.82, 2.24) is 0 Å². The highest BCUT2D eigenvalue weighted by Gasteiger charge is 2.17. The van der Waals surface area contributed by atoms with Crippen LogP contribution in [0.3, 0.4) is 0 Å². The van der Waals surface area contributed by atoms with E-state index in [0.29, 0.717) is 6.42 Å². The predicted octanol–water partition coefficient (Wildman–Crippen LogP) is 2.35. The molecular formula is C8H8O2S. The maximum atomic E-state index is 11.3. The first-order chi connectivity index (χ1) is 5.38. The summed E-state index contributed by atoms with van der Waals surface area (Å²) in [6.07, 6.45) is 3.22. The summed E-state index contributed by atoms with van der Waals surface area (Å²) < 4.78 is 5.15. The van der Waals surface area contributed by atoms with Gasteiger partial charge in [-0.2, -0.15) is 0 Å². The van der Waals surface area contributed by atoms with Gasteiger partial charge in [-0.1, -0.05) is 11.8 Å². The number of carbonyl (C=O) groups excluding carboxylic acids is 1. The van der Waals surface area contributed by atoms with Gasteiger partial charge in [-0.15, -0.1) is 0 Å². The van der Waals surface area contributed by atoms with Crippen LogP contribution in [0.25, 0.3) is 0 Å². The van der Waals surface area contributed by atoms with Crippen LogP contribution in [0.2, 0.25) is 0 Å². The van der Waals surface area contributed by atoms with Crippen LogP contribution in [0.15, 0.2) is 21.8 Å². The average Bonchev–Trinajstić information content (AvgIpc) is 2.40. The minimum atomic E-state index is 0.221. The molecule has 1 aliphatic rings. The van der Waals surface area contributed by atoms with E-state index in [4.69, 9.17) is 4.42 Å². The third kappa shape index (κ3) is 1.20. The predicted molar refractivity (Wildman–Crippen MR) is 43.0 cm³/mol. The Morgan fingerprint density at radius 2 is 2.45 bits per heavy atom. The van der Waals surface area contributed by atoms with Gasteiger partial charge in [-0.05, 0) is 12.5 Å². The maximum absolute atomic E-state index is 11.3. The van der Waals surface area contributed by atoms with Crippen LogP contribution in [0, 0.1) is 0 Å². The summed E-state index contributed by atoms with van der Waals surface area (Å²) in [6, 6.07) is 1.76. The lowest BCUT2D eigenvalue weighted by molar-refractivity contribution is 0.0978. The third-order valence-corrected chi connectivity index (χ3v) is 2.78. The number of furan rings is 1. The van der Waals surface area contributed by atoms with E-state index < -0.39 is 0 Å². The molecule has 3 heteroatoms. The van der Waals surface area contributed by atoms with Gasteiger partial charge in [-0.3, -0.25) is 4.79 Å². The second kappa shape index (κ2) is 2.74. The Labute approximate surface area is 69.0 Å². The van der Waals surface area contributed by atoms with Crippen LogP contribution < -0.4 is 0 Å². The van der Waals surface area contributed by atoms with Gasteiger partial charge < -0.3 is 4.42 Å². The van der Waals surface area contributed by atoms with Crippen LogP contribution in [-0.4, -0.2) is 11.5 Å². The topological polar surface area (TPSA) is 30.2 Å². The molecular weight excluding hydrogens is 160 g/mol. The fraction of sp³-hybridized carbons (Fsp3) is 0.375. The summed E-state index contributed by atoms with van der Waals surface area (Å²) in [5.41, 5.74) is 0.771. The molecule has 0 N–H and O–H groups in total. The molecule has 0 saturated heterocycles. The normalized spacial score (nSPS) is 17.6. The molecule has 0 bridgehead atoms.